The third kappa shape index (κ3) is 9.98. The number of nitrogens with one attached hydrogen (secondary N) is 1. The molecule has 0 aromatic carbocycles. The molecule has 0 aliphatic heterocycles. The zero-order valence-corrected chi connectivity index (χ0v) is 6.28. The molecule has 2 nitrogen and oxygen atoms in total. The molecular weight excluding hydrogens is 204 g/mol. The quantitative estimate of drug-likeness (QED) is 0.436. The summed E-state index contributed by atoms with van der Waals surface area (Å²) in [5, 5.41) is 7.08. The Morgan fingerprint density at radius 2 is 1.75 bits per heavy atom. The van der Waals surface area contributed by atoms with E-state index < -0.39 is 0 Å². The molecule has 0 spiro atoms. The van der Waals surface area contributed by atoms with Crippen molar-refractivity contribution in [3.05, 3.63) is 0 Å². The number of rotatable bonds is 0. The van der Waals surface area contributed by atoms with Gasteiger partial charge in [-0.25, -0.2) is 0 Å². The van der Waals surface area contributed by atoms with Crippen LogP contribution in [0.15, 0.2) is 0 Å². The molecule has 2 N–H and O–H groups in total. The van der Waals surface area contributed by atoms with E-state index in [9.17, 15) is 0 Å². The Bertz CT molecular complexity index is 8.00. The first-order valence-electron chi connectivity index (χ1n) is 0.413. The van der Waals surface area contributed by atoms with Crippen LogP contribution in [0.2, 0.25) is 0 Å². The third-order valence-electron chi connectivity index (χ3n) is 0. The first-order chi connectivity index (χ1) is 1.41. The summed E-state index contributed by atoms with van der Waals surface area (Å²) in [4.78, 5) is 1.22. The molecule has 4 heavy (non-hydrogen) atoms. The van der Waals surface area contributed by atoms with Gasteiger partial charge < -0.3 is 5.21 Å². The molecule has 0 amide bonds. The van der Waals surface area contributed by atoms with Gasteiger partial charge in [0.15, 0.2) is 0 Å². The van der Waals surface area contributed by atoms with Gasteiger partial charge in [-0.15, -0.1) is 5.00 Å². The summed E-state index contributed by atoms with van der Waals surface area (Å²) in [7, 11) is 0. The van der Waals surface area contributed by atoms with Gasteiger partial charge in [-0.2, -0.15) is 0 Å². The molecule has 0 aliphatic rings. The second-order valence-electron chi connectivity index (χ2n) is 0.0845. The van der Waals surface area contributed by atoms with Crippen LogP contribution in [0.5, 0.6) is 0 Å². The molecule has 0 heterocycles. The maximum Gasteiger partial charge on any atom is 0.00268 e. The second kappa shape index (κ2) is 8.83. The fourth-order valence-corrected chi connectivity index (χ4v) is 0. The molecule has 0 saturated carbocycles. The molecule has 23 valence electrons. The first-order valence-corrected chi connectivity index (χ1v) is 0.791. The van der Waals surface area contributed by atoms with Crippen molar-refractivity contribution in [1.29, 1.82) is 0 Å². The van der Waals surface area contributed by atoms with Crippen LogP contribution in [0.1, 0.15) is 0 Å². The summed E-state index contributed by atoms with van der Waals surface area (Å²) in [6, 6.07) is 0. The summed E-state index contributed by atoms with van der Waals surface area (Å²) >= 11 is 4.30. The molecule has 0 aromatic heterocycles. The molecule has 4 heteroatoms. The standard InChI is InChI=1S/ClH2NO.La/c1-2-3;/h2-3H;. The number of halogens is 1. The van der Waals surface area contributed by atoms with E-state index in [4.69, 9.17) is 5.21 Å². The van der Waals surface area contributed by atoms with Gasteiger partial charge in [-0.05, 0) is 0 Å². The minimum atomic E-state index is 0. The van der Waals surface area contributed by atoms with Crippen molar-refractivity contribution >= 4 is 11.8 Å². The van der Waals surface area contributed by atoms with Crippen LogP contribution >= 0.6 is 11.8 Å². The minimum Gasteiger partial charge on any atom is -0.301 e. The molecule has 0 fully saturated rings. The van der Waals surface area contributed by atoms with E-state index in [1.54, 1.807) is 0 Å². The Balaban J connectivity index is 0. The fourth-order valence-electron chi connectivity index (χ4n) is 0. The van der Waals surface area contributed by atoms with Crippen LogP contribution in [0, 0.1) is 35.6 Å². The smallest absolute Gasteiger partial charge is 0.00268 e. The van der Waals surface area contributed by atoms with Crippen LogP contribution in [0.4, 0.5) is 0 Å². The maximum atomic E-state index is 7.08. The van der Waals surface area contributed by atoms with Crippen LogP contribution in [-0.2, 0) is 0 Å². The minimum absolute atomic E-state index is 0. The maximum absolute atomic E-state index is 7.08. The molecule has 0 atom stereocenters. The Morgan fingerprint density at radius 3 is 1.75 bits per heavy atom. The van der Waals surface area contributed by atoms with Crippen molar-refractivity contribution < 1.29 is 40.8 Å². The van der Waals surface area contributed by atoms with E-state index in [0.717, 1.165) is 0 Å². The van der Waals surface area contributed by atoms with E-state index in [2.05, 4.69) is 11.8 Å². The predicted octanol–water partition coefficient (Wildman–Crippen LogP) is 0.119. The summed E-state index contributed by atoms with van der Waals surface area (Å²) in [6.07, 6.45) is 0. The van der Waals surface area contributed by atoms with Crippen LogP contribution in [0.25, 0.3) is 0 Å². The van der Waals surface area contributed by atoms with E-state index in [0.29, 0.717) is 0 Å². The molecule has 0 bridgehead atoms. The molecule has 0 rings (SSSR count). The average molecular weight is 206 g/mol. The SMILES string of the molecule is ONCl.[La]. The zero-order valence-electron chi connectivity index (χ0n) is 1.90. The van der Waals surface area contributed by atoms with Gasteiger partial charge >= 0.3 is 0 Å². The van der Waals surface area contributed by atoms with Gasteiger partial charge in [0.2, 0.25) is 0 Å². The van der Waals surface area contributed by atoms with Gasteiger partial charge in [-0.3, -0.25) is 0 Å². The van der Waals surface area contributed by atoms with E-state index in [1.165, 1.54) is 5.00 Å². The van der Waals surface area contributed by atoms with Crippen molar-refractivity contribution in [1.82, 2.24) is 5.00 Å². The summed E-state index contributed by atoms with van der Waals surface area (Å²) in [5.41, 5.74) is 0. The van der Waals surface area contributed by atoms with Crippen LogP contribution < -0.4 is 5.00 Å². The van der Waals surface area contributed by atoms with Crippen LogP contribution in [0.3, 0.4) is 0 Å². The van der Waals surface area contributed by atoms with Gasteiger partial charge in [0, 0.05) is 47.4 Å². The van der Waals surface area contributed by atoms with Crippen molar-refractivity contribution in [3.63, 3.8) is 0 Å². The van der Waals surface area contributed by atoms with E-state index in [-0.39, 0.29) is 35.6 Å². The van der Waals surface area contributed by atoms with Gasteiger partial charge in [0.25, 0.3) is 0 Å². The second-order valence-corrected chi connectivity index (χ2v) is 0.254. The molecule has 0 unspecified atom stereocenters. The normalized spacial score (nSPS) is 4.50. The zero-order chi connectivity index (χ0) is 2.71. The van der Waals surface area contributed by atoms with Crippen molar-refractivity contribution in [3.8, 4) is 0 Å². The largest absolute Gasteiger partial charge is 0.301 e. The summed E-state index contributed by atoms with van der Waals surface area (Å²) in [6.45, 7) is 0. The third-order valence-corrected chi connectivity index (χ3v) is 0. The Morgan fingerprint density at radius 1 is 1.75 bits per heavy atom. The van der Waals surface area contributed by atoms with E-state index in [1.807, 2.05) is 0 Å². The van der Waals surface area contributed by atoms with Gasteiger partial charge in [-0.1, -0.05) is 0 Å². The predicted molar refractivity (Wildman–Crippen MR) is 10.8 cm³/mol. The average Bonchev–Trinajstić information content (AvgIpc) is 0.918. The topological polar surface area (TPSA) is 32.3 Å². The first kappa shape index (κ1) is 9.05. The Labute approximate surface area is 57.2 Å². The fraction of sp³-hybridized carbons (Fsp3) is 0. The van der Waals surface area contributed by atoms with Gasteiger partial charge in [0.1, 0.15) is 0 Å². The Kier molecular flexibility index (Phi) is 20.0. The van der Waals surface area contributed by atoms with Crippen LogP contribution in [-0.4, -0.2) is 5.21 Å². The van der Waals surface area contributed by atoms with Crippen molar-refractivity contribution in [2.75, 3.05) is 0 Å². The summed E-state index contributed by atoms with van der Waals surface area (Å²) in [5.74, 6) is 0. The van der Waals surface area contributed by atoms with Crippen molar-refractivity contribution in [2.24, 2.45) is 0 Å². The molecule has 0 saturated heterocycles. The van der Waals surface area contributed by atoms with Crippen molar-refractivity contribution in [2.45, 2.75) is 0 Å². The molecule has 0 aliphatic carbocycles. The Hall–Kier alpha value is 1.40. The van der Waals surface area contributed by atoms with Gasteiger partial charge in [0.05, 0.1) is 0 Å². The number of hydrogen-bond donors (Lipinski definition) is 2. The molecule has 0 aromatic rings. The molecule has 1 radical (unpaired) electrons. The number of hydrogen-bond acceptors (Lipinski definition) is 2. The monoisotopic (exact) mass is 206 g/mol. The van der Waals surface area contributed by atoms with E-state index >= 15 is 0 Å². The summed E-state index contributed by atoms with van der Waals surface area (Å²) < 4.78 is 0. The molecular formula is H2ClLaNO.